The van der Waals surface area contributed by atoms with Crippen molar-refractivity contribution in [2.24, 2.45) is 0 Å². The molecule has 2 aromatic carbocycles. The van der Waals surface area contributed by atoms with Crippen LogP contribution in [0, 0.1) is 10.1 Å². The molecule has 1 atom stereocenters. The number of benzene rings is 2. The number of phenolic OH excluding ortho intramolecular Hbond substituents is 1. The average molecular weight is 272 g/mol. The van der Waals surface area contributed by atoms with Crippen LogP contribution in [0.1, 0.15) is 24.1 Å². The summed E-state index contributed by atoms with van der Waals surface area (Å²) in [5.74, 6) is 0.228. The van der Waals surface area contributed by atoms with Crippen LogP contribution in [0.5, 0.6) is 5.75 Å². The molecule has 0 aliphatic heterocycles. The summed E-state index contributed by atoms with van der Waals surface area (Å²) < 4.78 is 0. The zero-order valence-electron chi connectivity index (χ0n) is 11.1. The Morgan fingerprint density at radius 2 is 2.00 bits per heavy atom. The number of non-ortho nitro benzene ring substituents is 1. The second-order valence-corrected chi connectivity index (χ2v) is 4.62. The van der Waals surface area contributed by atoms with Gasteiger partial charge in [-0.15, -0.1) is 0 Å². The lowest BCUT2D eigenvalue weighted by molar-refractivity contribution is -0.384. The topological polar surface area (TPSA) is 75.4 Å². The minimum absolute atomic E-state index is 0.0429. The molecule has 0 aliphatic rings. The van der Waals surface area contributed by atoms with Crippen molar-refractivity contribution in [1.29, 1.82) is 0 Å². The van der Waals surface area contributed by atoms with Gasteiger partial charge in [-0.05, 0) is 30.2 Å². The Hall–Kier alpha value is -2.40. The van der Waals surface area contributed by atoms with E-state index < -0.39 is 4.92 Å². The van der Waals surface area contributed by atoms with E-state index >= 15 is 0 Å². The number of hydrogen-bond acceptors (Lipinski definition) is 4. The largest absolute Gasteiger partial charge is 0.508 e. The number of nitrogens with zero attached hydrogens (tertiary/aromatic N) is 1. The number of aromatic hydroxyl groups is 1. The second-order valence-electron chi connectivity index (χ2n) is 4.62. The Bertz CT molecular complexity index is 614. The van der Waals surface area contributed by atoms with Crippen molar-refractivity contribution in [3.63, 3.8) is 0 Å². The summed E-state index contributed by atoms with van der Waals surface area (Å²) >= 11 is 0. The molecule has 5 nitrogen and oxygen atoms in total. The molecule has 0 bridgehead atoms. The molecule has 0 amide bonds. The van der Waals surface area contributed by atoms with E-state index in [1.165, 1.54) is 6.07 Å². The maximum Gasteiger partial charge on any atom is 0.269 e. The highest BCUT2D eigenvalue weighted by Gasteiger charge is 2.08. The Morgan fingerprint density at radius 1 is 1.25 bits per heavy atom. The van der Waals surface area contributed by atoms with E-state index in [1.807, 2.05) is 19.1 Å². The van der Waals surface area contributed by atoms with Gasteiger partial charge in [-0.25, -0.2) is 0 Å². The maximum absolute atomic E-state index is 10.7. The highest BCUT2D eigenvalue weighted by atomic mass is 16.6. The van der Waals surface area contributed by atoms with E-state index in [0.717, 1.165) is 11.1 Å². The third-order valence-electron chi connectivity index (χ3n) is 3.10. The Balaban J connectivity index is 2.01. The van der Waals surface area contributed by atoms with Crippen molar-refractivity contribution in [2.45, 2.75) is 19.5 Å². The highest BCUT2D eigenvalue weighted by Crippen LogP contribution is 2.19. The van der Waals surface area contributed by atoms with Crippen LogP contribution in [-0.2, 0) is 6.54 Å². The standard InChI is InChI=1S/C15H16N2O3/c1-11(13-5-3-7-15(18)9-13)16-10-12-4-2-6-14(8-12)17(19)20/h2-9,11,16,18H,10H2,1H3. The molecule has 2 rings (SSSR count). The van der Waals surface area contributed by atoms with E-state index in [1.54, 1.807) is 30.3 Å². The van der Waals surface area contributed by atoms with E-state index in [-0.39, 0.29) is 17.5 Å². The van der Waals surface area contributed by atoms with Crippen molar-refractivity contribution in [3.05, 3.63) is 69.8 Å². The number of nitrogens with one attached hydrogen (secondary N) is 1. The zero-order valence-corrected chi connectivity index (χ0v) is 11.1. The normalized spacial score (nSPS) is 12.1. The van der Waals surface area contributed by atoms with Crippen LogP contribution in [0.15, 0.2) is 48.5 Å². The second kappa shape index (κ2) is 6.16. The van der Waals surface area contributed by atoms with Crippen LogP contribution in [0.25, 0.3) is 0 Å². The van der Waals surface area contributed by atoms with Gasteiger partial charge in [0.2, 0.25) is 0 Å². The molecular weight excluding hydrogens is 256 g/mol. The van der Waals surface area contributed by atoms with Gasteiger partial charge in [0.05, 0.1) is 4.92 Å². The average Bonchev–Trinajstić information content (AvgIpc) is 2.45. The van der Waals surface area contributed by atoms with Crippen LogP contribution in [-0.4, -0.2) is 10.0 Å². The third kappa shape index (κ3) is 3.55. The van der Waals surface area contributed by atoms with Crippen molar-refractivity contribution in [3.8, 4) is 5.75 Å². The van der Waals surface area contributed by atoms with E-state index in [9.17, 15) is 15.2 Å². The molecule has 0 spiro atoms. The molecule has 0 radical (unpaired) electrons. The lowest BCUT2D eigenvalue weighted by atomic mass is 10.1. The summed E-state index contributed by atoms with van der Waals surface area (Å²) in [5, 5.41) is 23.4. The van der Waals surface area contributed by atoms with Crippen molar-refractivity contribution < 1.29 is 10.0 Å². The number of rotatable bonds is 5. The van der Waals surface area contributed by atoms with Gasteiger partial charge in [-0.3, -0.25) is 10.1 Å². The fourth-order valence-electron chi connectivity index (χ4n) is 1.96. The number of hydrogen-bond donors (Lipinski definition) is 2. The van der Waals surface area contributed by atoms with Gasteiger partial charge >= 0.3 is 0 Å². The summed E-state index contributed by atoms with van der Waals surface area (Å²) in [7, 11) is 0. The summed E-state index contributed by atoms with van der Waals surface area (Å²) in [6, 6.07) is 13.6. The fourth-order valence-corrected chi connectivity index (χ4v) is 1.96. The zero-order chi connectivity index (χ0) is 14.5. The molecule has 104 valence electrons. The fraction of sp³-hybridized carbons (Fsp3) is 0.200. The number of nitro benzene ring substituents is 1. The van der Waals surface area contributed by atoms with Gasteiger partial charge in [0.15, 0.2) is 0 Å². The van der Waals surface area contributed by atoms with Crippen LogP contribution < -0.4 is 5.32 Å². The molecule has 0 fully saturated rings. The maximum atomic E-state index is 10.7. The molecule has 2 aromatic rings. The number of phenols is 1. The van der Waals surface area contributed by atoms with Gasteiger partial charge in [0, 0.05) is 24.7 Å². The molecule has 1 unspecified atom stereocenters. The molecule has 2 N–H and O–H groups in total. The lowest BCUT2D eigenvalue weighted by Gasteiger charge is -2.14. The summed E-state index contributed by atoms with van der Waals surface area (Å²) in [6.45, 7) is 2.50. The van der Waals surface area contributed by atoms with Gasteiger partial charge < -0.3 is 10.4 Å². The number of nitro groups is 1. The van der Waals surface area contributed by atoms with Gasteiger partial charge in [-0.1, -0.05) is 24.3 Å². The van der Waals surface area contributed by atoms with Gasteiger partial charge in [-0.2, -0.15) is 0 Å². The van der Waals surface area contributed by atoms with Crippen LogP contribution in [0.2, 0.25) is 0 Å². The quantitative estimate of drug-likeness (QED) is 0.647. The first kappa shape index (κ1) is 14.0. The van der Waals surface area contributed by atoms with E-state index in [4.69, 9.17) is 0 Å². The first-order valence-corrected chi connectivity index (χ1v) is 6.32. The molecule has 20 heavy (non-hydrogen) atoms. The molecule has 0 aromatic heterocycles. The third-order valence-corrected chi connectivity index (χ3v) is 3.10. The summed E-state index contributed by atoms with van der Waals surface area (Å²) in [5.41, 5.74) is 1.91. The van der Waals surface area contributed by atoms with Crippen LogP contribution in [0.4, 0.5) is 5.69 Å². The molecular formula is C15H16N2O3. The van der Waals surface area contributed by atoms with E-state index in [0.29, 0.717) is 6.54 Å². The molecule has 0 heterocycles. The molecule has 0 saturated carbocycles. The Morgan fingerprint density at radius 3 is 2.70 bits per heavy atom. The molecule has 0 aliphatic carbocycles. The summed E-state index contributed by atoms with van der Waals surface area (Å²) in [6.07, 6.45) is 0. The van der Waals surface area contributed by atoms with Gasteiger partial charge in [0.25, 0.3) is 5.69 Å². The smallest absolute Gasteiger partial charge is 0.269 e. The first-order chi connectivity index (χ1) is 9.56. The Labute approximate surface area is 117 Å². The predicted octanol–water partition coefficient (Wildman–Crippen LogP) is 3.15. The van der Waals surface area contributed by atoms with Crippen molar-refractivity contribution >= 4 is 5.69 Å². The molecule has 5 heteroatoms. The first-order valence-electron chi connectivity index (χ1n) is 6.32. The molecule has 0 saturated heterocycles. The highest BCUT2D eigenvalue weighted by molar-refractivity contribution is 5.34. The summed E-state index contributed by atoms with van der Waals surface area (Å²) in [4.78, 5) is 10.3. The minimum Gasteiger partial charge on any atom is -0.508 e. The monoisotopic (exact) mass is 272 g/mol. The van der Waals surface area contributed by atoms with Crippen LogP contribution in [0.3, 0.4) is 0 Å². The van der Waals surface area contributed by atoms with E-state index in [2.05, 4.69) is 5.32 Å². The Kier molecular flexibility index (Phi) is 4.32. The van der Waals surface area contributed by atoms with Crippen molar-refractivity contribution in [1.82, 2.24) is 5.32 Å². The lowest BCUT2D eigenvalue weighted by Crippen LogP contribution is -2.18. The van der Waals surface area contributed by atoms with Gasteiger partial charge in [0.1, 0.15) is 5.75 Å². The minimum atomic E-state index is -0.401. The SMILES string of the molecule is CC(NCc1cccc([N+](=O)[O-])c1)c1cccc(O)c1. The van der Waals surface area contributed by atoms with Crippen LogP contribution >= 0.6 is 0 Å². The predicted molar refractivity (Wildman–Crippen MR) is 76.5 cm³/mol. The van der Waals surface area contributed by atoms with Crippen molar-refractivity contribution in [2.75, 3.05) is 0 Å².